The van der Waals surface area contributed by atoms with Crippen LogP contribution in [0.4, 0.5) is 15.8 Å². The molecule has 0 aliphatic carbocycles. The van der Waals surface area contributed by atoms with Crippen molar-refractivity contribution in [3.8, 4) is 0 Å². The van der Waals surface area contributed by atoms with Crippen LogP contribution < -0.4 is 9.80 Å². The smallest absolute Gasteiger partial charge is 0.282 e. The number of carbonyl (C=O) groups excluding carboxylic acids is 2. The maximum Gasteiger partial charge on any atom is 0.282 e. The zero-order valence-electron chi connectivity index (χ0n) is 16.8. The normalized spacial score (nSPS) is 19.6. The highest BCUT2D eigenvalue weighted by molar-refractivity contribution is 6.45. The van der Waals surface area contributed by atoms with Gasteiger partial charge in [-0.05, 0) is 67.6 Å². The molecule has 3 aliphatic heterocycles. The maximum absolute atomic E-state index is 13.5. The van der Waals surface area contributed by atoms with Crippen LogP contribution in [0.3, 0.4) is 0 Å². The Morgan fingerprint density at radius 1 is 0.633 bits per heavy atom. The van der Waals surface area contributed by atoms with Crippen molar-refractivity contribution in [2.45, 2.75) is 25.7 Å². The predicted octanol–water partition coefficient (Wildman–Crippen LogP) is 3.81. The Bertz CT molecular complexity index is 1000. The van der Waals surface area contributed by atoms with Gasteiger partial charge in [0.25, 0.3) is 11.8 Å². The molecule has 0 N–H and O–H groups in total. The van der Waals surface area contributed by atoms with E-state index in [1.54, 1.807) is 12.1 Å². The molecule has 2 fully saturated rings. The summed E-state index contributed by atoms with van der Waals surface area (Å²) < 4.78 is 13.5. The van der Waals surface area contributed by atoms with Gasteiger partial charge in [0, 0.05) is 31.9 Å². The minimum atomic E-state index is -0.367. The van der Waals surface area contributed by atoms with Gasteiger partial charge in [-0.1, -0.05) is 12.1 Å². The Morgan fingerprint density at radius 3 is 1.77 bits per heavy atom. The van der Waals surface area contributed by atoms with Crippen LogP contribution in [0.2, 0.25) is 0 Å². The number of benzene rings is 2. The van der Waals surface area contributed by atoms with E-state index in [-0.39, 0.29) is 17.6 Å². The fourth-order valence-electron chi connectivity index (χ4n) is 4.65. The molecule has 6 heteroatoms. The number of nitrogens with zero attached hydrogens (tertiary/aromatic N) is 3. The van der Waals surface area contributed by atoms with Crippen LogP contribution in [0.15, 0.2) is 54.2 Å². The summed E-state index contributed by atoms with van der Waals surface area (Å²) in [6.07, 6.45) is 4.36. The Kier molecular flexibility index (Phi) is 4.77. The van der Waals surface area contributed by atoms with Gasteiger partial charge in [-0.2, -0.15) is 0 Å². The largest absolute Gasteiger partial charge is 0.372 e. The lowest BCUT2D eigenvalue weighted by Crippen LogP contribution is -2.34. The Balaban J connectivity index is 1.51. The first kappa shape index (κ1) is 18.9. The molecule has 3 heterocycles. The Morgan fingerprint density at radius 2 is 1.17 bits per heavy atom. The second-order valence-corrected chi connectivity index (χ2v) is 8.08. The summed E-state index contributed by atoms with van der Waals surface area (Å²) in [5, 5.41) is 0. The number of imide groups is 1. The first-order valence-electron chi connectivity index (χ1n) is 10.6. The highest BCUT2D eigenvalue weighted by Crippen LogP contribution is 2.36. The minimum absolute atomic E-state index is 0.296. The molecule has 0 radical (unpaired) electrons. The van der Waals surface area contributed by atoms with Crippen LogP contribution in [0.1, 0.15) is 31.2 Å². The first-order valence-corrected chi connectivity index (χ1v) is 10.6. The molecule has 2 saturated heterocycles. The SMILES string of the molecule is O=C1C(c2ccc(F)cc2)=C(N2CCCC2)C(=O)N1c1ccc(N2CCCC2)cc1. The van der Waals surface area contributed by atoms with Crippen molar-refractivity contribution in [1.82, 2.24) is 4.90 Å². The lowest BCUT2D eigenvalue weighted by atomic mass is 10.0. The molecule has 2 amide bonds. The van der Waals surface area contributed by atoms with Crippen molar-refractivity contribution in [3.05, 3.63) is 65.6 Å². The van der Waals surface area contributed by atoms with Crippen LogP contribution in [0, 0.1) is 5.82 Å². The van der Waals surface area contributed by atoms with Crippen LogP contribution in [0.5, 0.6) is 0 Å². The van der Waals surface area contributed by atoms with E-state index < -0.39 is 0 Å². The number of likely N-dealkylation sites (tertiary alicyclic amines) is 1. The monoisotopic (exact) mass is 405 g/mol. The average Bonchev–Trinajstić information content (AvgIpc) is 3.51. The average molecular weight is 405 g/mol. The molecule has 2 aromatic rings. The molecule has 0 bridgehead atoms. The zero-order chi connectivity index (χ0) is 20.7. The summed E-state index contributed by atoms with van der Waals surface area (Å²) in [4.78, 5) is 32.4. The van der Waals surface area contributed by atoms with Gasteiger partial charge in [-0.25, -0.2) is 9.29 Å². The summed E-state index contributed by atoms with van der Waals surface area (Å²) >= 11 is 0. The van der Waals surface area contributed by atoms with Crippen LogP contribution in [-0.4, -0.2) is 42.9 Å². The number of rotatable bonds is 4. The fraction of sp³-hybridized carbons (Fsp3) is 0.333. The van der Waals surface area contributed by atoms with Gasteiger partial charge in [0.2, 0.25) is 0 Å². The number of hydrogen-bond donors (Lipinski definition) is 0. The molecule has 5 nitrogen and oxygen atoms in total. The van der Waals surface area contributed by atoms with E-state index in [1.165, 1.54) is 29.9 Å². The van der Waals surface area contributed by atoms with Crippen LogP contribution in [0.25, 0.3) is 5.57 Å². The number of hydrogen-bond acceptors (Lipinski definition) is 4. The van der Waals surface area contributed by atoms with E-state index >= 15 is 0 Å². The third-order valence-electron chi connectivity index (χ3n) is 6.19. The first-order chi connectivity index (χ1) is 14.6. The van der Waals surface area contributed by atoms with Gasteiger partial charge in [0.05, 0.1) is 11.3 Å². The number of halogens is 1. The second kappa shape index (κ2) is 7.59. The van der Waals surface area contributed by atoms with Gasteiger partial charge >= 0.3 is 0 Å². The Labute approximate surface area is 175 Å². The van der Waals surface area contributed by atoms with Crippen LogP contribution in [-0.2, 0) is 9.59 Å². The predicted molar refractivity (Wildman–Crippen MR) is 115 cm³/mol. The van der Waals surface area contributed by atoms with E-state index in [4.69, 9.17) is 0 Å². The van der Waals surface area contributed by atoms with E-state index in [2.05, 4.69) is 4.90 Å². The molecule has 5 rings (SSSR count). The molecule has 2 aromatic carbocycles. The molecule has 30 heavy (non-hydrogen) atoms. The minimum Gasteiger partial charge on any atom is -0.372 e. The van der Waals surface area contributed by atoms with Gasteiger partial charge in [0.1, 0.15) is 11.5 Å². The third-order valence-corrected chi connectivity index (χ3v) is 6.19. The van der Waals surface area contributed by atoms with Gasteiger partial charge in [-0.15, -0.1) is 0 Å². The molecule has 0 saturated carbocycles. The molecule has 0 atom stereocenters. The zero-order valence-corrected chi connectivity index (χ0v) is 16.8. The van der Waals surface area contributed by atoms with Crippen molar-refractivity contribution in [2.75, 3.05) is 36.0 Å². The van der Waals surface area contributed by atoms with E-state index in [1.807, 2.05) is 29.2 Å². The van der Waals surface area contributed by atoms with Gasteiger partial charge < -0.3 is 9.80 Å². The standard InChI is InChI=1S/C24H24FN3O2/c25-18-7-5-17(6-8-18)21-22(27-15-3-4-16-27)24(30)28(23(21)29)20-11-9-19(10-12-20)26-13-1-2-14-26/h5-12H,1-4,13-16H2. The number of amides is 2. The molecule has 154 valence electrons. The summed E-state index contributed by atoms with van der Waals surface area (Å²) in [6.45, 7) is 3.58. The number of carbonyl (C=O) groups is 2. The van der Waals surface area contributed by atoms with E-state index in [0.717, 1.165) is 44.7 Å². The summed E-state index contributed by atoms with van der Waals surface area (Å²) in [5.41, 5.74) is 3.06. The lowest BCUT2D eigenvalue weighted by Gasteiger charge is -2.21. The second-order valence-electron chi connectivity index (χ2n) is 8.08. The van der Waals surface area contributed by atoms with Gasteiger partial charge in [-0.3, -0.25) is 9.59 Å². The summed E-state index contributed by atoms with van der Waals surface area (Å²) in [6, 6.07) is 13.5. The molecule has 0 spiro atoms. The van der Waals surface area contributed by atoms with Crippen molar-refractivity contribution in [3.63, 3.8) is 0 Å². The maximum atomic E-state index is 13.5. The quantitative estimate of drug-likeness (QED) is 0.726. The fourth-order valence-corrected chi connectivity index (χ4v) is 4.65. The molecule has 3 aliphatic rings. The van der Waals surface area contributed by atoms with Gasteiger partial charge in [0.15, 0.2) is 0 Å². The Hall–Kier alpha value is -3.15. The van der Waals surface area contributed by atoms with Crippen molar-refractivity contribution >= 4 is 28.8 Å². The highest BCUT2D eigenvalue weighted by Gasteiger charge is 2.43. The molecule has 0 unspecified atom stereocenters. The van der Waals surface area contributed by atoms with Crippen molar-refractivity contribution < 1.29 is 14.0 Å². The number of anilines is 2. The summed E-state index contributed by atoms with van der Waals surface area (Å²) in [5.74, 6) is -1.01. The highest BCUT2D eigenvalue weighted by atomic mass is 19.1. The van der Waals surface area contributed by atoms with Crippen molar-refractivity contribution in [1.29, 1.82) is 0 Å². The summed E-state index contributed by atoms with van der Waals surface area (Å²) in [7, 11) is 0. The topological polar surface area (TPSA) is 43.9 Å². The van der Waals surface area contributed by atoms with Crippen LogP contribution >= 0.6 is 0 Å². The molecular formula is C24H24FN3O2. The lowest BCUT2D eigenvalue weighted by molar-refractivity contribution is -0.120. The molecular weight excluding hydrogens is 381 g/mol. The molecule has 0 aromatic heterocycles. The third kappa shape index (κ3) is 3.16. The van der Waals surface area contributed by atoms with E-state index in [9.17, 15) is 14.0 Å². The van der Waals surface area contributed by atoms with E-state index in [0.29, 0.717) is 22.5 Å². The van der Waals surface area contributed by atoms with Crippen molar-refractivity contribution in [2.24, 2.45) is 0 Å².